The molecular weight excluding hydrogens is 482 g/mol. The quantitative estimate of drug-likeness (QED) is 0.357. The maximum Gasteiger partial charge on any atom is 0.335 e. The van der Waals surface area contributed by atoms with Crippen molar-refractivity contribution in [3.63, 3.8) is 0 Å². The van der Waals surface area contributed by atoms with E-state index < -0.39 is 5.97 Å². The first kappa shape index (κ1) is 24.8. The maximum absolute atomic E-state index is 11.9. The van der Waals surface area contributed by atoms with Gasteiger partial charge in [0.25, 0.3) is 0 Å². The molecule has 196 valence electrons. The van der Waals surface area contributed by atoms with Crippen LogP contribution in [0.3, 0.4) is 0 Å². The van der Waals surface area contributed by atoms with E-state index in [0.717, 1.165) is 36.7 Å². The number of likely N-dealkylation sites (tertiary alicyclic amines) is 1. The highest BCUT2D eigenvalue weighted by Gasteiger charge is 2.30. The Labute approximate surface area is 225 Å². The van der Waals surface area contributed by atoms with Gasteiger partial charge in [0.05, 0.1) is 11.3 Å². The van der Waals surface area contributed by atoms with E-state index in [9.17, 15) is 9.90 Å². The summed E-state index contributed by atoms with van der Waals surface area (Å²) in [7, 11) is 0. The Bertz CT molecular complexity index is 1290. The zero-order chi connectivity index (χ0) is 25.4. The van der Waals surface area contributed by atoms with Gasteiger partial charge in [-0.25, -0.2) is 4.79 Å². The molecule has 0 unspecified atom stereocenters. The van der Waals surface area contributed by atoms with Crippen LogP contribution in [-0.2, 0) is 6.54 Å². The average Bonchev–Trinajstić information content (AvgIpc) is 3.06. The number of piperidine rings is 1. The zero-order valence-electron chi connectivity index (χ0n) is 21.7. The predicted molar refractivity (Wildman–Crippen MR) is 152 cm³/mol. The summed E-state index contributed by atoms with van der Waals surface area (Å²) in [6, 6.07) is 12.2. The third-order valence-electron chi connectivity index (χ3n) is 8.90. The lowest BCUT2D eigenvalue weighted by Gasteiger charge is -2.31. The van der Waals surface area contributed by atoms with E-state index >= 15 is 0 Å². The number of aromatic carboxylic acids is 1. The molecule has 0 amide bonds. The molecule has 5 nitrogen and oxygen atoms in total. The van der Waals surface area contributed by atoms with Crippen molar-refractivity contribution >= 4 is 34.2 Å². The van der Waals surface area contributed by atoms with Crippen molar-refractivity contribution in [2.24, 2.45) is 0 Å². The van der Waals surface area contributed by atoms with Crippen LogP contribution in [0, 0.1) is 0 Å². The lowest BCUT2D eigenvalue weighted by atomic mass is 9.87. The Hall–Kier alpha value is -2.50. The lowest BCUT2D eigenvalue weighted by Crippen LogP contribution is -2.38. The molecular formula is C31H38ClN3O2. The van der Waals surface area contributed by atoms with Crippen molar-refractivity contribution in [3.05, 3.63) is 52.5 Å². The second kappa shape index (κ2) is 10.7. The van der Waals surface area contributed by atoms with E-state index in [1.165, 1.54) is 98.8 Å². The topological polar surface area (TPSA) is 48.7 Å². The van der Waals surface area contributed by atoms with Gasteiger partial charge in [-0.2, -0.15) is 0 Å². The van der Waals surface area contributed by atoms with Crippen LogP contribution in [0.25, 0.3) is 22.2 Å². The van der Waals surface area contributed by atoms with E-state index in [0.29, 0.717) is 11.5 Å². The van der Waals surface area contributed by atoms with Crippen LogP contribution in [-0.4, -0.2) is 53.3 Å². The Morgan fingerprint density at radius 3 is 2.38 bits per heavy atom. The predicted octanol–water partition coefficient (Wildman–Crippen LogP) is 7.40. The molecule has 3 aliphatic rings. The summed E-state index contributed by atoms with van der Waals surface area (Å²) >= 11 is 6.61. The molecule has 2 aliphatic heterocycles. The molecule has 1 N–H and O–H groups in total. The normalized spacial score (nSPS) is 19.3. The van der Waals surface area contributed by atoms with Gasteiger partial charge in [0, 0.05) is 53.4 Å². The standard InChI is InChI=1S/C31H38ClN3O2/c32-24-11-13-26-27(21-24)34(17-16-33-14-6-3-7-15-33)18-19-35-28-20-23(31(36)37)10-12-25(28)29(30(26)35)22-8-4-1-2-5-9-22/h10-13,20-22H,1-9,14-19H2,(H,36,37). The average molecular weight is 520 g/mol. The molecule has 6 heteroatoms. The van der Waals surface area contributed by atoms with Crippen molar-refractivity contribution in [1.82, 2.24) is 9.47 Å². The summed E-state index contributed by atoms with van der Waals surface area (Å²) in [5.41, 5.74) is 6.61. The molecule has 1 aliphatic carbocycles. The van der Waals surface area contributed by atoms with E-state index in [2.05, 4.69) is 32.6 Å². The van der Waals surface area contributed by atoms with Gasteiger partial charge < -0.3 is 19.5 Å². The third-order valence-corrected chi connectivity index (χ3v) is 9.13. The molecule has 2 aromatic carbocycles. The first-order valence-corrected chi connectivity index (χ1v) is 14.6. The Kier molecular flexibility index (Phi) is 7.18. The minimum Gasteiger partial charge on any atom is -0.478 e. The third kappa shape index (κ3) is 4.88. The molecule has 3 heterocycles. The van der Waals surface area contributed by atoms with Gasteiger partial charge in [0.15, 0.2) is 0 Å². The van der Waals surface area contributed by atoms with Crippen LogP contribution in [0.5, 0.6) is 0 Å². The monoisotopic (exact) mass is 519 g/mol. The van der Waals surface area contributed by atoms with Crippen LogP contribution in [0.4, 0.5) is 5.69 Å². The number of carbonyl (C=O) groups is 1. The minimum atomic E-state index is -0.863. The van der Waals surface area contributed by atoms with Crippen LogP contribution in [0.1, 0.15) is 79.6 Å². The van der Waals surface area contributed by atoms with Crippen LogP contribution >= 0.6 is 11.6 Å². The van der Waals surface area contributed by atoms with Crippen molar-refractivity contribution in [2.45, 2.75) is 70.3 Å². The molecule has 6 rings (SSSR count). The highest BCUT2D eigenvalue weighted by atomic mass is 35.5. The Balaban J connectivity index is 1.49. The fourth-order valence-electron chi connectivity index (χ4n) is 7.00. The van der Waals surface area contributed by atoms with Gasteiger partial charge in [-0.1, -0.05) is 49.8 Å². The highest BCUT2D eigenvalue weighted by Crippen LogP contribution is 2.47. The highest BCUT2D eigenvalue weighted by molar-refractivity contribution is 6.31. The Morgan fingerprint density at radius 2 is 1.62 bits per heavy atom. The molecule has 1 aromatic heterocycles. The number of carboxylic acid groups (broad SMARTS) is 1. The fraction of sp³-hybridized carbons (Fsp3) is 0.516. The number of halogens is 1. The summed E-state index contributed by atoms with van der Waals surface area (Å²) in [4.78, 5) is 17.0. The van der Waals surface area contributed by atoms with Crippen LogP contribution in [0.2, 0.25) is 5.02 Å². The molecule has 0 atom stereocenters. The molecule has 1 saturated carbocycles. The first-order chi connectivity index (χ1) is 18.1. The van der Waals surface area contributed by atoms with Crippen molar-refractivity contribution < 1.29 is 9.90 Å². The second-order valence-corrected chi connectivity index (χ2v) is 11.6. The Morgan fingerprint density at radius 1 is 0.865 bits per heavy atom. The largest absolute Gasteiger partial charge is 0.478 e. The number of carboxylic acids is 1. The van der Waals surface area contributed by atoms with E-state index in [-0.39, 0.29) is 0 Å². The SMILES string of the molecule is O=C(O)c1ccc2c(C3CCCCCC3)c3n(c2c1)CCN(CCN1CCCCC1)c1cc(Cl)ccc1-3. The van der Waals surface area contributed by atoms with E-state index in [4.69, 9.17) is 11.6 Å². The number of hydrogen-bond donors (Lipinski definition) is 1. The summed E-state index contributed by atoms with van der Waals surface area (Å²) in [5, 5.41) is 11.8. The second-order valence-electron chi connectivity index (χ2n) is 11.2. The van der Waals surface area contributed by atoms with Gasteiger partial charge in [0.2, 0.25) is 0 Å². The molecule has 0 bridgehead atoms. The van der Waals surface area contributed by atoms with E-state index in [1.54, 1.807) is 6.07 Å². The number of anilines is 1. The lowest BCUT2D eigenvalue weighted by molar-refractivity contribution is 0.0697. The summed E-state index contributed by atoms with van der Waals surface area (Å²) < 4.78 is 2.43. The molecule has 0 spiro atoms. The number of nitrogens with zero attached hydrogens (tertiary/aromatic N) is 3. The summed E-state index contributed by atoms with van der Waals surface area (Å²) in [5.74, 6) is -0.363. The van der Waals surface area contributed by atoms with Gasteiger partial charge in [-0.15, -0.1) is 0 Å². The van der Waals surface area contributed by atoms with Crippen molar-refractivity contribution in [1.29, 1.82) is 0 Å². The smallest absolute Gasteiger partial charge is 0.335 e. The van der Waals surface area contributed by atoms with Gasteiger partial charge in [0.1, 0.15) is 0 Å². The van der Waals surface area contributed by atoms with E-state index in [1.807, 2.05) is 12.1 Å². The van der Waals surface area contributed by atoms with Gasteiger partial charge in [-0.05, 0) is 80.6 Å². The number of aromatic nitrogens is 1. The molecule has 1 saturated heterocycles. The number of rotatable bonds is 5. The van der Waals surface area contributed by atoms with Crippen molar-refractivity contribution in [3.8, 4) is 11.3 Å². The summed E-state index contributed by atoms with van der Waals surface area (Å²) in [6.07, 6.45) is 11.5. The molecule has 0 radical (unpaired) electrons. The maximum atomic E-state index is 11.9. The minimum absolute atomic E-state index is 0.364. The number of hydrogen-bond acceptors (Lipinski definition) is 3. The van der Waals surface area contributed by atoms with Crippen LogP contribution < -0.4 is 4.90 Å². The fourth-order valence-corrected chi connectivity index (χ4v) is 7.16. The number of fused-ring (bicyclic) bond motifs is 5. The molecule has 37 heavy (non-hydrogen) atoms. The first-order valence-electron chi connectivity index (χ1n) is 14.3. The van der Waals surface area contributed by atoms with Gasteiger partial charge in [-0.3, -0.25) is 0 Å². The number of benzene rings is 2. The zero-order valence-corrected chi connectivity index (χ0v) is 22.5. The van der Waals surface area contributed by atoms with Gasteiger partial charge >= 0.3 is 5.97 Å². The van der Waals surface area contributed by atoms with Crippen LogP contribution in [0.15, 0.2) is 36.4 Å². The molecule has 3 aromatic rings. The summed E-state index contributed by atoms with van der Waals surface area (Å²) in [6.45, 7) is 6.18. The van der Waals surface area contributed by atoms with Crippen molar-refractivity contribution in [2.75, 3.05) is 37.6 Å². The molecule has 2 fully saturated rings.